The Labute approximate surface area is 469 Å². The highest BCUT2D eigenvalue weighted by Crippen LogP contribution is 2.49. The number of epoxide rings is 1. The lowest BCUT2D eigenvalue weighted by Crippen LogP contribution is -2.63. The van der Waals surface area contributed by atoms with E-state index in [1.807, 2.05) is 26.8 Å². The topological polar surface area (TPSA) is 257 Å². The first kappa shape index (κ1) is 64.3. The molecule has 5 amide bonds. The zero-order valence-corrected chi connectivity index (χ0v) is 48.7. The Hall–Kier alpha value is -4.50. The van der Waals surface area contributed by atoms with Gasteiger partial charge in [-0.1, -0.05) is 63.9 Å². The van der Waals surface area contributed by atoms with Gasteiger partial charge in [-0.05, 0) is 65.2 Å². The lowest BCUT2D eigenvalue weighted by atomic mass is 9.83. The first-order valence-electron chi connectivity index (χ1n) is 26.0. The molecular formula is C53H77ClN4O18S2. The number of carbonyl (C=O) groups excluding carboxylic acids is 7. The molecule has 8 atom stereocenters. The number of rotatable bonds is 26. The van der Waals surface area contributed by atoms with E-state index in [2.05, 4.69) is 5.32 Å². The number of fused-ring (bicyclic) bond motifs is 5. The lowest BCUT2D eigenvalue weighted by molar-refractivity contribution is -0.198. The van der Waals surface area contributed by atoms with Gasteiger partial charge in [-0.25, -0.2) is 14.4 Å². The van der Waals surface area contributed by atoms with E-state index in [-0.39, 0.29) is 74.0 Å². The molecule has 1 aromatic rings. The second-order valence-corrected chi connectivity index (χ2v) is 23.8. The second-order valence-electron chi connectivity index (χ2n) is 20.3. The Morgan fingerprint density at radius 3 is 2.22 bits per heavy atom. The minimum absolute atomic E-state index is 0.0319. The van der Waals surface area contributed by atoms with Crippen molar-refractivity contribution in [2.45, 2.75) is 139 Å². The highest BCUT2D eigenvalue weighted by molar-refractivity contribution is 8.77. The Kier molecular flexibility index (Phi) is 24.6. The molecule has 4 aliphatic rings. The summed E-state index contributed by atoms with van der Waals surface area (Å²) >= 11 is 6.83. The number of nitrogens with zero attached hydrogens (tertiary/aromatic N) is 3. The summed E-state index contributed by atoms with van der Waals surface area (Å²) in [5.74, 6) is -2.80. The van der Waals surface area contributed by atoms with E-state index in [4.69, 9.17) is 59.1 Å². The van der Waals surface area contributed by atoms with Gasteiger partial charge in [-0.2, -0.15) is 0 Å². The predicted molar refractivity (Wildman–Crippen MR) is 289 cm³/mol. The van der Waals surface area contributed by atoms with E-state index in [9.17, 15) is 38.7 Å². The Bertz CT molecular complexity index is 2330. The molecule has 3 fully saturated rings. The van der Waals surface area contributed by atoms with Crippen molar-refractivity contribution in [2.75, 3.05) is 91.8 Å². The number of amides is 5. The summed E-state index contributed by atoms with van der Waals surface area (Å²) in [7, 11) is 9.27. The van der Waals surface area contributed by atoms with Gasteiger partial charge in [-0.15, -0.1) is 5.06 Å². The summed E-state index contributed by atoms with van der Waals surface area (Å²) in [5, 5.41) is 15.1. The third kappa shape index (κ3) is 18.3. The minimum Gasteiger partial charge on any atom is -0.495 e. The van der Waals surface area contributed by atoms with Crippen molar-refractivity contribution in [3.8, 4) is 5.75 Å². The molecule has 4 bridgehead atoms. The van der Waals surface area contributed by atoms with Crippen molar-refractivity contribution in [3.63, 3.8) is 0 Å². The minimum atomic E-state index is -1.86. The van der Waals surface area contributed by atoms with Gasteiger partial charge in [0, 0.05) is 63.3 Å². The summed E-state index contributed by atoms with van der Waals surface area (Å²) in [4.78, 5) is 97.5. The molecule has 22 nitrogen and oxygen atoms in total. The Balaban J connectivity index is 1.07. The summed E-state index contributed by atoms with van der Waals surface area (Å²) in [6, 6.07) is 2.52. The maximum Gasteiger partial charge on any atom is 0.409 e. The van der Waals surface area contributed by atoms with E-state index in [0.29, 0.717) is 68.1 Å². The molecule has 4 aliphatic heterocycles. The van der Waals surface area contributed by atoms with Crippen LogP contribution in [0.3, 0.4) is 0 Å². The maximum atomic E-state index is 14.4. The van der Waals surface area contributed by atoms with Crippen LogP contribution in [0.15, 0.2) is 35.9 Å². The molecule has 0 aliphatic carbocycles. The van der Waals surface area contributed by atoms with Gasteiger partial charge < -0.3 is 62.4 Å². The number of imide groups is 1. The van der Waals surface area contributed by atoms with Gasteiger partial charge in [0.2, 0.25) is 11.8 Å². The monoisotopic (exact) mass is 1160 g/mol. The van der Waals surface area contributed by atoms with Gasteiger partial charge in [0.15, 0.2) is 5.72 Å². The predicted octanol–water partition coefficient (Wildman–Crippen LogP) is 5.52. The number of nitrogens with one attached hydrogen (secondary N) is 1. The molecule has 78 heavy (non-hydrogen) atoms. The van der Waals surface area contributed by atoms with Crippen LogP contribution in [0, 0.1) is 5.92 Å². The smallest absolute Gasteiger partial charge is 0.409 e. The molecule has 25 heteroatoms. The fraction of sp³-hybridized carbons (Fsp3) is 0.679. The zero-order chi connectivity index (χ0) is 57.4. The molecule has 3 saturated heterocycles. The van der Waals surface area contributed by atoms with Gasteiger partial charge in [0.25, 0.3) is 11.8 Å². The fourth-order valence-corrected chi connectivity index (χ4v) is 11.6. The number of halogens is 1. The first-order valence-corrected chi connectivity index (χ1v) is 28.7. The normalized spacial score (nSPS) is 26.3. The third-order valence-electron chi connectivity index (χ3n) is 13.8. The zero-order valence-electron chi connectivity index (χ0n) is 46.3. The van der Waals surface area contributed by atoms with Gasteiger partial charge in [0.1, 0.15) is 40.7 Å². The molecule has 1 aromatic carbocycles. The molecule has 2 N–H and O–H groups in total. The molecular weight excluding hydrogens is 1080 g/mol. The number of allylic oxidation sites excluding steroid dienone is 3. The van der Waals surface area contributed by atoms with Gasteiger partial charge in [0.05, 0.1) is 84.6 Å². The fourth-order valence-electron chi connectivity index (χ4n) is 8.86. The average molecular weight is 1160 g/mol. The molecule has 0 radical (unpaired) electrons. The van der Waals surface area contributed by atoms with Crippen molar-refractivity contribution in [2.24, 2.45) is 5.92 Å². The quantitative estimate of drug-likeness (QED) is 0.0381. The molecule has 0 saturated carbocycles. The molecule has 8 unspecified atom stereocenters. The molecule has 0 aromatic heterocycles. The van der Waals surface area contributed by atoms with E-state index >= 15 is 0 Å². The number of ether oxygens (including phenoxy) is 9. The van der Waals surface area contributed by atoms with Crippen molar-refractivity contribution in [1.82, 2.24) is 15.3 Å². The van der Waals surface area contributed by atoms with Crippen LogP contribution in [0.25, 0.3) is 0 Å². The number of esters is 1. The Morgan fingerprint density at radius 2 is 1.59 bits per heavy atom. The number of alkyl carbamates (subject to hydrolysis) is 1. The number of hydroxylamine groups is 2. The molecule has 5 rings (SSSR count). The van der Waals surface area contributed by atoms with Gasteiger partial charge in [-0.3, -0.25) is 24.5 Å². The van der Waals surface area contributed by atoms with Crippen LogP contribution in [0.2, 0.25) is 5.02 Å². The number of benzene rings is 1. The van der Waals surface area contributed by atoms with Crippen LogP contribution in [0.4, 0.5) is 10.5 Å². The highest BCUT2D eigenvalue weighted by Gasteiger charge is 2.64. The van der Waals surface area contributed by atoms with Crippen molar-refractivity contribution in [3.05, 3.63) is 46.5 Å². The highest BCUT2D eigenvalue weighted by atomic mass is 35.5. The number of hydrogen-bond acceptors (Lipinski definition) is 20. The molecule has 4 heterocycles. The van der Waals surface area contributed by atoms with Crippen molar-refractivity contribution < 1.29 is 86.1 Å². The average Bonchev–Trinajstić information content (AvgIpc) is 4.14. The van der Waals surface area contributed by atoms with E-state index in [0.717, 1.165) is 11.1 Å². The number of anilines is 1. The van der Waals surface area contributed by atoms with Crippen molar-refractivity contribution in [1.29, 1.82) is 0 Å². The number of aliphatic hydroxyl groups is 1. The first-order chi connectivity index (χ1) is 36.9. The van der Waals surface area contributed by atoms with Crippen LogP contribution < -0.4 is 15.0 Å². The summed E-state index contributed by atoms with van der Waals surface area (Å²) in [5.41, 5.74) is -1.06. The number of carbonyl (C=O) groups is 7. The Morgan fingerprint density at radius 1 is 0.962 bits per heavy atom. The maximum absolute atomic E-state index is 14.4. The van der Waals surface area contributed by atoms with Gasteiger partial charge >= 0.3 is 18.0 Å². The number of methoxy groups -OCH3 is 2. The summed E-state index contributed by atoms with van der Waals surface area (Å²) < 4.78 is 51.3. The summed E-state index contributed by atoms with van der Waals surface area (Å²) in [6.45, 7) is 13.6. The summed E-state index contributed by atoms with van der Waals surface area (Å²) in [6.07, 6.45) is 1.26. The van der Waals surface area contributed by atoms with E-state index < -0.39 is 83.5 Å². The largest absolute Gasteiger partial charge is 0.495 e. The van der Waals surface area contributed by atoms with Crippen molar-refractivity contribution >= 4 is 80.5 Å². The third-order valence-corrected chi connectivity index (χ3v) is 17.5. The van der Waals surface area contributed by atoms with Crippen LogP contribution in [-0.4, -0.2) is 190 Å². The molecule has 0 spiro atoms. The van der Waals surface area contributed by atoms with E-state index in [1.54, 1.807) is 73.7 Å². The van der Waals surface area contributed by atoms with E-state index in [1.165, 1.54) is 31.1 Å². The SMILES string of the molecule is COc1cc2cc(c1Cl)N(C)C(=O)CC(OC(=O)C(C)N(C)C(=O)CCC(C)(C)SSCCOCCOCCOCCOCCC(=O)ON1C(=O)CCC1=O)C1(C)OC1C(C)C1CC(O)(NC(=O)O1)C(OC)/C=C/C=C(\C)C2. The molecule has 436 valence electrons. The second kappa shape index (κ2) is 29.8. The van der Waals surface area contributed by atoms with Crippen LogP contribution in [-0.2, 0) is 77.9 Å². The lowest BCUT2D eigenvalue weighted by Gasteiger charge is -2.42. The number of likely N-dealkylation sites (N-methyl/N-ethyl adjacent to an activating group) is 1. The van der Waals surface area contributed by atoms with Crippen LogP contribution in [0.5, 0.6) is 5.75 Å². The standard InChI is InChI=1S/C53H77ClN4O18S2/c1-33-12-11-13-40(68-10)53(66)32-39(73-50(65)55-53)34(2)48-52(6,75-48)41(31-45(62)57(8)37-29-36(28-33)30-38(67-9)47(37)54)74-49(64)35(3)56(7)42(59)16-18-51(4,5)78-77-27-26-72-25-24-71-23-22-70-21-20-69-19-17-46(63)76-58-43(60)14-15-44(58)61/h11-13,29-30,34-35,39-41,48,66H,14-28,31-32H2,1-10H3,(H,55,65)/b13-11+,33-12+. The van der Waals surface area contributed by atoms with Crippen LogP contribution in [0.1, 0.15) is 92.1 Å². The van der Waals surface area contributed by atoms with Crippen LogP contribution >= 0.6 is 33.2 Å². The number of hydrogen-bond donors (Lipinski definition) is 2.